The molecule has 0 bridgehead atoms. The van der Waals surface area contributed by atoms with E-state index in [1.807, 2.05) is 38.1 Å². The van der Waals surface area contributed by atoms with Crippen molar-refractivity contribution in [3.63, 3.8) is 0 Å². The van der Waals surface area contributed by atoms with Gasteiger partial charge in [0.05, 0.1) is 0 Å². The molecule has 0 saturated carbocycles. The molecule has 1 aromatic carbocycles. The van der Waals surface area contributed by atoms with Gasteiger partial charge in [0.25, 0.3) is 5.91 Å². The Morgan fingerprint density at radius 3 is 2.48 bits per heavy atom. The molecule has 1 aromatic heterocycles. The Morgan fingerprint density at radius 2 is 1.87 bits per heavy atom. The van der Waals surface area contributed by atoms with Crippen LogP contribution in [0.4, 0.5) is 5.69 Å². The van der Waals surface area contributed by atoms with E-state index in [4.69, 9.17) is 4.42 Å². The minimum Gasteiger partial charge on any atom is -0.456 e. The van der Waals surface area contributed by atoms with Gasteiger partial charge in [0, 0.05) is 12.2 Å². The highest BCUT2D eigenvalue weighted by Crippen LogP contribution is 2.14. The Bertz CT molecular complexity index is 691. The molecule has 0 spiro atoms. The average molecular weight is 314 g/mol. The lowest BCUT2D eigenvalue weighted by atomic mass is 10.2. The third-order valence-corrected chi connectivity index (χ3v) is 3.49. The number of carbonyl (C=O) groups excluding carboxylic acids is 2. The van der Waals surface area contributed by atoms with Crippen molar-refractivity contribution in [3.05, 3.63) is 53.5 Å². The maximum atomic E-state index is 12.5. The molecule has 23 heavy (non-hydrogen) atoms. The van der Waals surface area contributed by atoms with Gasteiger partial charge < -0.3 is 14.6 Å². The summed E-state index contributed by atoms with van der Waals surface area (Å²) in [7, 11) is 0. The van der Waals surface area contributed by atoms with Crippen LogP contribution in [0.2, 0.25) is 0 Å². The molecule has 5 heteroatoms. The Kier molecular flexibility index (Phi) is 5.57. The monoisotopic (exact) mass is 314 g/mol. The zero-order valence-corrected chi connectivity index (χ0v) is 13.8. The molecule has 0 atom stereocenters. The van der Waals surface area contributed by atoms with Crippen molar-refractivity contribution in [3.8, 4) is 0 Å². The zero-order valence-electron chi connectivity index (χ0n) is 13.8. The van der Waals surface area contributed by atoms with Crippen molar-refractivity contribution >= 4 is 17.5 Å². The molecule has 2 rings (SSSR count). The number of para-hydroxylation sites is 1. The zero-order chi connectivity index (χ0) is 16.8. The van der Waals surface area contributed by atoms with Crippen LogP contribution in [0.25, 0.3) is 0 Å². The fraction of sp³-hybridized carbons (Fsp3) is 0.333. The quantitative estimate of drug-likeness (QED) is 0.889. The second kappa shape index (κ2) is 7.63. The van der Waals surface area contributed by atoms with Crippen molar-refractivity contribution in [2.45, 2.75) is 27.2 Å². The molecule has 0 aliphatic rings. The molecule has 0 unspecified atom stereocenters. The van der Waals surface area contributed by atoms with Crippen molar-refractivity contribution in [1.82, 2.24) is 4.90 Å². The van der Waals surface area contributed by atoms with Crippen molar-refractivity contribution < 1.29 is 14.0 Å². The van der Waals surface area contributed by atoms with Crippen LogP contribution in [0.5, 0.6) is 0 Å². The van der Waals surface area contributed by atoms with E-state index in [-0.39, 0.29) is 24.1 Å². The summed E-state index contributed by atoms with van der Waals surface area (Å²) < 4.78 is 5.37. The Balaban J connectivity index is 2.05. The molecule has 0 radical (unpaired) electrons. The lowest BCUT2D eigenvalue weighted by Gasteiger charge is -2.20. The number of furan rings is 1. The fourth-order valence-electron chi connectivity index (χ4n) is 2.30. The molecule has 0 saturated heterocycles. The van der Waals surface area contributed by atoms with Crippen LogP contribution in [0, 0.1) is 13.8 Å². The van der Waals surface area contributed by atoms with Crippen LogP contribution in [-0.2, 0) is 4.79 Å². The van der Waals surface area contributed by atoms with Gasteiger partial charge in [-0.3, -0.25) is 9.59 Å². The molecule has 0 aliphatic heterocycles. The van der Waals surface area contributed by atoms with E-state index in [1.54, 1.807) is 19.1 Å². The molecule has 5 nitrogen and oxygen atoms in total. The van der Waals surface area contributed by atoms with E-state index in [9.17, 15) is 9.59 Å². The first-order valence-electron chi connectivity index (χ1n) is 7.72. The van der Waals surface area contributed by atoms with E-state index in [0.717, 1.165) is 17.7 Å². The van der Waals surface area contributed by atoms with Gasteiger partial charge in [0.1, 0.15) is 12.3 Å². The van der Waals surface area contributed by atoms with Gasteiger partial charge in [-0.15, -0.1) is 0 Å². The van der Waals surface area contributed by atoms with Gasteiger partial charge in [-0.25, -0.2) is 0 Å². The van der Waals surface area contributed by atoms with Crippen LogP contribution in [0.15, 0.2) is 40.8 Å². The number of hydrogen-bond acceptors (Lipinski definition) is 3. The number of benzene rings is 1. The molecule has 1 N–H and O–H groups in total. The van der Waals surface area contributed by atoms with Crippen LogP contribution >= 0.6 is 0 Å². The van der Waals surface area contributed by atoms with Gasteiger partial charge >= 0.3 is 0 Å². The summed E-state index contributed by atoms with van der Waals surface area (Å²) in [4.78, 5) is 26.2. The van der Waals surface area contributed by atoms with E-state index in [0.29, 0.717) is 12.3 Å². The normalized spacial score (nSPS) is 10.4. The van der Waals surface area contributed by atoms with E-state index in [2.05, 4.69) is 5.32 Å². The molecule has 2 aromatic rings. The highest BCUT2D eigenvalue weighted by molar-refractivity contribution is 5.98. The largest absolute Gasteiger partial charge is 0.456 e. The summed E-state index contributed by atoms with van der Waals surface area (Å²) in [5.41, 5.74) is 1.74. The van der Waals surface area contributed by atoms with Crippen LogP contribution in [0.1, 0.15) is 35.2 Å². The summed E-state index contributed by atoms with van der Waals surface area (Å²) in [6, 6.07) is 10.9. The van der Waals surface area contributed by atoms with Crippen molar-refractivity contribution in [2.24, 2.45) is 0 Å². The fourth-order valence-corrected chi connectivity index (χ4v) is 2.30. The molecular weight excluding hydrogens is 292 g/mol. The maximum Gasteiger partial charge on any atom is 0.290 e. The van der Waals surface area contributed by atoms with Gasteiger partial charge in [-0.05, 0) is 44.0 Å². The highest BCUT2D eigenvalue weighted by Gasteiger charge is 2.21. The number of nitrogens with zero attached hydrogens (tertiary/aromatic N) is 1. The van der Waals surface area contributed by atoms with Crippen molar-refractivity contribution in [2.75, 3.05) is 18.4 Å². The number of hydrogen-bond donors (Lipinski definition) is 1. The Hall–Kier alpha value is -2.56. The number of amides is 2. The predicted octanol–water partition coefficient (Wildman–Crippen LogP) is 3.39. The van der Waals surface area contributed by atoms with E-state index < -0.39 is 0 Å². The number of carbonyl (C=O) groups is 2. The van der Waals surface area contributed by atoms with Gasteiger partial charge in [0.15, 0.2) is 5.76 Å². The summed E-state index contributed by atoms with van der Waals surface area (Å²) in [5.74, 6) is 0.457. The topological polar surface area (TPSA) is 62.6 Å². The van der Waals surface area contributed by atoms with Crippen LogP contribution < -0.4 is 5.32 Å². The first kappa shape index (κ1) is 16.8. The molecule has 0 aliphatic carbocycles. The average Bonchev–Trinajstić information content (AvgIpc) is 2.95. The standard InChI is InChI=1S/C18H22N2O3/c1-4-11-20(18(22)16-10-9-14(3)23-16)12-17(21)19-15-8-6-5-7-13(15)2/h5-10H,4,11-12H2,1-3H3,(H,19,21). The van der Waals surface area contributed by atoms with E-state index in [1.165, 1.54) is 4.90 Å². The van der Waals surface area contributed by atoms with Crippen LogP contribution in [0.3, 0.4) is 0 Å². The maximum absolute atomic E-state index is 12.5. The van der Waals surface area contributed by atoms with Gasteiger partial charge in [-0.1, -0.05) is 25.1 Å². The second-order valence-corrected chi connectivity index (χ2v) is 5.50. The van der Waals surface area contributed by atoms with Gasteiger partial charge in [0.2, 0.25) is 5.91 Å². The van der Waals surface area contributed by atoms with Crippen LogP contribution in [-0.4, -0.2) is 29.8 Å². The summed E-state index contributed by atoms with van der Waals surface area (Å²) >= 11 is 0. The third-order valence-electron chi connectivity index (χ3n) is 3.49. The minimum absolute atomic E-state index is 0.000749. The molecule has 2 amide bonds. The van der Waals surface area contributed by atoms with E-state index >= 15 is 0 Å². The lowest BCUT2D eigenvalue weighted by molar-refractivity contribution is -0.116. The summed E-state index contributed by atoms with van der Waals surface area (Å²) in [5, 5.41) is 2.85. The minimum atomic E-state index is -0.264. The first-order valence-corrected chi connectivity index (χ1v) is 7.72. The highest BCUT2D eigenvalue weighted by atomic mass is 16.3. The number of anilines is 1. The van der Waals surface area contributed by atoms with Crippen molar-refractivity contribution in [1.29, 1.82) is 0 Å². The number of aryl methyl sites for hydroxylation is 2. The Morgan fingerprint density at radius 1 is 1.13 bits per heavy atom. The van der Waals surface area contributed by atoms with Gasteiger partial charge in [-0.2, -0.15) is 0 Å². The Labute approximate surface area is 136 Å². The smallest absolute Gasteiger partial charge is 0.290 e. The first-order chi connectivity index (χ1) is 11.0. The summed E-state index contributed by atoms with van der Waals surface area (Å²) in [6.07, 6.45) is 0.767. The predicted molar refractivity (Wildman–Crippen MR) is 89.4 cm³/mol. The molecule has 122 valence electrons. The molecule has 1 heterocycles. The summed E-state index contributed by atoms with van der Waals surface area (Å²) in [6.45, 7) is 6.18. The lowest BCUT2D eigenvalue weighted by Crippen LogP contribution is -2.38. The molecular formula is C18H22N2O3. The molecule has 0 fully saturated rings. The number of nitrogens with one attached hydrogen (secondary N) is 1. The second-order valence-electron chi connectivity index (χ2n) is 5.50. The third kappa shape index (κ3) is 4.45. The number of rotatable bonds is 6. The SMILES string of the molecule is CCCN(CC(=O)Nc1ccccc1C)C(=O)c1ccc(C)o1.